The zero-order chi connectivity index (χ0) is 17.5. The first-order valence-electron chi connectivity index (χ1n) is 7.37. The number of alkyl halides is 3. The summed E-state index contributed by atoms with van der Waals surface area (Å²) in [6.07, 6.45) is -5.23. The SMILES string of the molecule is NCC1OC(c2ccc(C(F)(F)F)cc2)Cc2c1ccc(O)c2O. The van der Waals surface area contributed by atoms with Crippen LogP contribution in [0.2, 0.25) is 0 Å². The molecule has 0 aliphatic carbocycles. The molecule has 2 unspecified atom stereocenters. The lowest BCUT2D eigenvalue weighted by Crippen LogP contribution is -2.25. The van der Waals surface area contributed by atoms with Crippen molar-refractivity contribution in [2.45, 2.75) is 24.8 Å². The van der Waals surface area contributed by atoms with E-state index in [2.05, 4.69) is 0 Å². The molecule has 2 aromatic rings. The van der Waals surface area contributed by atoms with E-state index in [0.29, 0.717) is 16.7 Å². The number of phenolic OH excluding ortho intramolecular Hbond substituents is 2. The van der Waals surface area contributed by atoms with Crippen molar-refractivity contribution in [3.05, 3.63) is 58.7 Å². The molecule has 4 nitrogen and oxygen atoms in total. The van der Waals surface area contributed by atoms with Crippen LogP contribution in [0.4, 0.5) is 13.2 Å². The Balaban J connectivity index is 1.95. The maximum absolute atomic E-state index is 12.7. The van der Waals surface area contributed by atoms with Gasteiger partial charge in [0.05, 0.1) is 17.8 Å². The highest BCUT2D eigenvalue weighted by molar-refractivity contribution is 5.51. The Kier molecular flexibility index (Phi) is 4.15. The van der Waals surface area contributed by atoms with Crippen LogP contribution in [0.3, 0.4) is 0 Å². The van der Waals surface area contributed by atoms with Gasteiger partial charge in [0.25, 0.3) is 0 Å². The summed E-state index contributed by atoms with van der Waals surface area (Å²) in [5.41, 5.74) is 6.70. The molecule has 1 aliphatic heterocycles. The van der Waals surface area contributed by atoms with Gasteiger partial charge in [0.2, 0.25) is 0 Å². The van der Waals surface area contributed by atoms with E-state index in [1.54, 1.807) is 6.07 Å². The van der Waals surface area contributed by atoms with Crippen LogP contribution in [0.25, 0.3) is 0 Å². The maximum Gasteiger partial charge on any atom is 0.416 e. The highest BCUT2D eigenvalue weighted by Crippen LogP contribution is 2.44. The number of aromatic hydroxyl groups is 2. The van der Waals surface area contributed by atoms with Gasteiger partial charge in [-0.3, -0.25) is 0 Å². The molecule has 128 valence electrons. The Morgan fingerprint density at radius 1 is 1.08 bits per heavy atom. The van der Waals surface area contributed by atoms with E-state index in [4.69, 9.17) is 10.5 Å². The van der Waals surface area contributed by atoms with Gasteiger partial charge >= 0.3 is 6.18 Å². The van der Waals surface area contributed by atoms with Gasteiger partial charge in [-0.25, -0.2) is 0 Å². The molecular weight excluding hydrogens is 323 g/mol. The molecule has 0 spiro atoms. The minimum atomic E-state index is -4.40. The van der Waals surface area contributed by atoms with Crippen molar-refractivity contribution in [2.24, 2.45) is 5.73 Å². The predicted molar refractivity (Wildman–Crippen MR) is 80.5 cm³/mol. The number of nitrogens with two attached hydrogens (primary N) is 1. The number of ether oxygens (including phenoxy) is 1. The molecule has 1 aliphatic rings. The second-order valence-corrected chi connectivity index (χ2v) is 5.67. The van der Waals surface area contributed by atoms with E-state index in [1.165, 1.54) is 18.2 Å². The molecule has 0 saturated heterocycles. The van der Waals surface area contributed by atoms with Crippen LogP contribution in [0, 0.1) is 0 Å². The Hall–Kier alpha value is -2.25. The molecule has 7 heteroatoms. The van der Waals surface area contributed by atoms with Gasteiger partial charge in [0.15, 0.2) is 11.5 Å². The van der Waals surface area contributed by atoms with E-state index in [0.717, 1.165) is 12.1 Å². The Morgan fingerprint density at radius 2 is 1.75 bits per heavy atom. The minimum Gasteiger partial charge on any atom is -0.504 e. The predicted octanol–water partition coefficient (Wildman–Crippen LogP) is 3.43. The highest BCUT2D eigenvalue weighted by Gasteiger charge is 2.33. The van der Waals surface area contributed by atoms with E-state index < -0.39 is 23.9 Å². The van der Waals surface area contributed by atoms with Gasteiger partial charge in [-0.05, 0) is 29.3 Å². The number of hydrogen-bond donors (Lipinski definition) is 3. The third kappa shape index (κ3) is 2.92. The van der Waals surface area contributed by atoms with Crippen LogP contribution in [0.1, 0.15) is 34.5 Å². The van der Waals surface area contributed by atoms with Crippen LogP contribution in [0.5, 0.6) is 11.5 Å². The summed E-state index contributed by atoms with van der Waals surface area (Å²) < 4.78 is 43.9. The molecule has 2 aromatic carbocycles. The summed E-state index contributed by atoms with van der Waals surface area (Å²) >= 11 is 0. The van der Waals surface area contributed by atoms with Gasteiger partial charge in [-0.15, -0.1) is 0 Å². The molecule has 0 bridgehead atoms. The summed E-state index contributed by atoms with van der Waals surface area (Å²) in [5, 5.41) is 19.7. The fourth-order valence-electron chi connectivity index (χ4n) is 2.93. The minimum absolute atomic E-state index is 0.147. The first-order valence-corrected chi connectivity index (χ1v) is 7.37. The molecule has 0 aromatic heterocycles. The molecule has 4 N–H and O–H groups in total. The molecule has 1 heterocycles. The van der Waals surface area contributed by atoms with Gasteiger partial charge in [0, 0.05) is 18.5 Å². The van der Waals surface area contributed by atoms with Gasteiger partial charge in [0.1, 0.15) is 0 Å². The third-order valence-corrected chi connectivity index (χ3v) is 4.19. The Morgan fingerprint density at radius 3 is 2.33 bits per heavy atom. The van der Waals surface area contributed by atoms with E-state index in [9.17, 15) is 23.4 Å². The first kappa shape index (κ1) is 16.6. The Labute approximate surface area is 136 Å². The number of halogens is 3. The monoisotopic (exact) mass is 339 g/mol. The molecule has 24 heavy (non-hydrogen) atoms. The number of benzene rings is 2. The van der Waals surface area contributed by atoms with E-state index in [1.807, 2.05) is 0 Å². The van der Waals surface area contributed by atoms with Gasteiger partial charge in [-0.2, -0.15) is 13.2 Å². The lowest BCUT2D eigenvalue weighted by atomic mass is 9.90. The zero-order valence-corrected chi connectivity index (χ0v) is 12.5. The van der Waals surface area contributed by atoms with Gasteiger partial charge in [-0.1, -0.05) is 18.2 Å². The van der Waals surface area contributed by atoms with Crippen molar-refractivity contribution < 1.29 is 28.1 Å². The number of rotatable bonds is 2. The van der Waals surface area contributed by atoms with Crippen LogP contribution in [-0.4, -0.2) is 16.8 Å². The summed E-state index contributed by atoms with van der Waals surface area (Å²) in [5.74, 6) is -0.497. The lowest BCUT2D eigenvalue weighted by molar-refractivity contribution is -0.137. The van der Waals surface area contributed by atoms with Crippen LogP contribution in [0.15, 0.2) is 36.4 Å². The fourth-order valence-corrected chi connectivity index (χ4v) is 2.93. The van der Waals surface area contributed by atoms with Crippen molar-refractivity contribution in [1.82, 2.24) is 0 Å². The quantitative estimate of drug-likeness (QED) is 0.733. The smallest absolute Gasteiger partial charge is 0.416 e. The fraction of sp³-hybridized carbons (Fsp3) is 0.294. The summed E-state index contributed by atoms with van der Waals surface area (Å²) in [6, 6.07) is 7.68. The lowest BCUT2D eigenvalue weighted by Gasteiger charge is -2.32. The normalized spacial score (nSPS) is 20.7. The summed E-state index contributed by atoms with van der Waals surface area (Å²) in [7, 11) is 0. The highest BCUT2D eigenvalue weighted by atomic mass is 19.4. The van der Waals surface area contributed by atoms with Crippen molar-refractivity contribution in [3.63, 3.8) is 0 Å². The molecule has 0 radical (unpaired) electrons. The molecular formula is C17H16F3NO3. The van der Waals surface area contributed by atoms with E-state index in [-0.39, 0.29) is 24.5 Å². The van der Waals surface area contributed by atoms with Crippen molar-refractivity contribution in [3.8, 4) is 11.5 Å². The first-order chi connectivity index (χ1) is 11.3. The Bertz CT molecular complexity index is 744. The summed E-state index contributed by atoms with van der Waals surface area (Å²) in [6.45, 7) is 0.147. The summed E-state index contributed by atoms with van der Waals surface area (Å²) in [4.78, 5) is 0. The van der Waals surface area contributed by atoms with Crippen LogP contribution >= 0.6 is 0 Å². The van der Waals surface area contributed by atoms with Crippen molar-refractivity contribution in [2.75, 3.05) is 6.54 Å². The van der Waals surface area contributed by atoms with Gasteiger partial charge < -0.3 is 20.7 Å². The zero-order valence-electron chi connectivity index (χ0n) is 12.5. The topological polar surface area (TPSA) is 75.7 Å². The molecule has 0 saturated carbocycles. The third-order valence-electron chi connectivity index (χ3n) is 4.19. The van der Waals surface area contributed by atoms with Crippen molar-refractivity contribution >= 4 is 0 Å². The number of hydrogen-bond acceptors (Lipinski definition) is 4. The van der Waals surface area contributed by atoms with E-state index >= 15 is 0 Å². The second-order valence-electron chi connectivity index (χ2n) is 5.67. The largest absolute Gasteiger partial charge is 0.504 e. The molecule has 0 fully saturated rings. The average Bonchev–Trinajstić information content (AvgIpc) is 2.56. The number of phenols is 2. The maximum atomic E-state index is 12.7. The second kappa shape index (κ2) is 5.99. The molecule has 3 rings (SSSR count). The number of fused-ring (bicyclic) bond motifs is 1. The average molecular weight is 339 g/mol. The van der Waals surface area contributed by atoms with Crippen molar-refractivity contribution in [1.29, 1.82) is 0 Å². The molecule has 2 atom stereocenters. The van der Waals surface area contributed by atoms with Crippen LogP contribution < -0.4 is 5.73 Å². The standard InChI is InChI=1S/C17H16F3NO3/c18-17(19,20)10-3-1-9(2-4-10)14-7-12-11(15(8-21)24-14)5-6-13(22)16(12)23/h1-6,14-15,22-23H,7-8,21H2. The molecule has 0 amide bonds. The van der Waals surface area contributed by atoms with Crippen LogP contribution in [-0.2, 0) is 17.3 Å².